The summed E-state index contributed by atoms with van der Waals surface area (Å²) in [4.78, 5) is 4.59. The first-order valence-corrected chi connectivity index (χ1v) is 13.4. The topological polar surface area (TPSA) is 0 Å². The molecule has 0 aromatic carbocycles. The van der Waals surface area contributed by atoms with Crippen molar-refractivity contribution in [2.75, 3.05) is 5.75 Å². The molecule has 0 aliphatic rings. The summed E-state index contributed by atoms with van der Waals surface area (Å²) in [5, 5.41) is 0. The first-order valence-electron chi connectivity index (χ1n) is 7.02. The zero-order valence-corrected chi connectivity index (χ0v) is 15.5. The van der Waals surface area contributed by atoms with Crippen LogP contribution in [-0.2, 0) is 0 Å². The molecule has 0 fully saturated rings. The molecule has 0 saturated carbocycles. The molecular weight excluding hydrogens is 319 g/mol. The average Bonchev–Trinajstić information content (AvgIpc) is 2.28. The summed E-state index contributed by atoms with van der Waals surface area (Å²) in [5.41, 5.74) is 0. The van der Waals surface area contributed by atoms with E-state index in [2.05, 4.69) is 29.4 Å². The molecule has 0 heterocycles. The van der Waals surface area contributed by atoms with Crippen molar-refractivity contribution in [1.29, 1.82) is 0 Å². The number of thiol groups is 1. The van der Waals surface area contributed by atoms with E-state index in [9.17, 15) is 0 Å². The molecule has 0 nitrogen and oxygen atoms in total. The van der Waals surface area contributed by atoms with Crippen LogP contribution in [0.15, 0.2) is 0 Å². The van der Waals surface area contributed by atoms with Crippen molar-refractivity contribution in [3.63, 3.8) is 0 Å². The van der Waals surface area contributed by atoms with Crippen LogP contribution >= 0.6 is 12.6 Å². The van der Waals surface area contributed by atoms with Crippen LogP contribution in [0.5, 0.6) is 0 Å². The van der Waals surface area contributed by atoms with Gasteiger partial charge in [-0.15, -0.1) is 0 Å². The molecule has 0 unspecified atom stereocenters. The second-order valence-electron chi connectivity index (χ2n) is 4.41. The Morgan fingerprint density at radius 1 is 0.688 bits per heavy atom. The van der Waals surface area contributed by atoms with E-state index in [0.29, 0.717) is 0 Å². The van der Waals surface area contributed by atoms with Gasteiger partial charge in [-0.25, -0.2) is 0 Å². The van der Waals surface area contributed by atoms with Gasteiger partial charge in [-0.3, -0.25) is 0 Å². The number of hydrogen-bond acceptors (Lipinski definition) is 1. The van der Waals surface area contributed by atoms with Crippen LogP contribution < -0.4 is 0 Å². The Hall–Kier alpha value is 1.15. The fourth-order valence-corrected chi connectivity index (χ4v) is 1.82. The maximum absolute atomic E-state index is 4.20. The molecule has 0 saturated heterocycles. The maximum atomic E-state index is 4.20. The molecule has 0 aliphatic carbocycles. The Kier molecular flexibility index (Phi) is 26.1. The van der Waals surface area contributed by atoms with Gasteiger partial charge in [0.25, 0.3) is 0 Å². The third kappa shape index (κ3) is 24.4. The SMILES string of the molecule is CCCCCCCCCCCCS.[CH3][Sn][CH3]. The molecule has 0 spiro atoms. The Morgan fingerprint density at radius 2 is 1.00 bits per heavy atom. The zero-order chi connectivity index (χ0) is 12.5. The molecule has 0 bridgehead atoms. The monoisotopic (exact) mass is 352 g/mol. The summed E-state index contributed by atoms with van der Waals surface area (Å²) in [6.45, 7) is 2.28. The quantitative estimate of drug-likeness (QED) is 0.295. The van der Waals surface area contributed by atoms with Gasteiger partial charge in [-0.2, -0.15) is 12.6 Å². The van der Waals surface area contributed by atoms with Crippen molar-refractivity contribution >= 4 is 33.8 Å². The van der Waals surface area contributed by atoms with E-state index in [0.717, 1.165) is 5.75 Å². The summed E-state index contributed by atoms with van der Waals surface area (Å²) in [5.74, 6) is 1.07. The minimum atomic E-state index is 0.230. The Bertz CT molecular complexity index is 86.7. The van der Waals surface area contributed by atoms with E-state index in [1.54, 1.807) is 0 Å². The van der Waals surface area contributed by atoms with Crippen molar-refractivity contribution in [2.24, 2.45) is 0 Å². The second-order valence-corrected chi connectivity index (χ2v) is 7.71. The third-order valence-corrected chi connectivity index (χ3v) is 2.83. The van der Waals surface area contributed by atoms with Gasteiger partial charge in [0.05, 0.1) is 0 Å². The van der Waals surface area contributed by atoms with E-state index in [1.165, 1.54) is 64.2 Å². The van der Waals surface area contributed by atoms with E-state index in [1.807, 2.05) is 0 Å². The first-order chi connectivity index (χ1) is 7.83. The van der Waals surface area contributed by atoms with Crippen molar-refractivity contribution in [3.05, 3.63) is 0 Å². The second kappa shape index (κ2) is 21.4. The van der Waals surface area contributed by atoms with Gasteiger partial charge in [0.15, 0.2) is 0 Å². The molecule has 0 N–H and O–H groups in total. The summed E-state index contributed by atoms with van der Waals surface area (Å²) in [6.07, 6.45) is 14.2. The summed E-state index contributed by atoms with van der Waals surface area (Å²) in [7, 11) is 0. The van der Waals surface area contributed by atoms with Crippen LogP contribution in [0.2, 0.25) is 9.88 Å². The van der Waals surface area contributed by atoms with E-state index in [-0.39, 0.29) is 21.1 Å². The summed E-state index contributed by atoms with van der Waals surface area (Å²) < 4.78 is 0. The van der Waals surface area contributed by atoms with Crippen molar-refractivity contribution in [2.45, 2.75) is 81.0 Å². The van der Waals surface area contributed by atoms with Gasteiger partial charge in [0, 0.05) is 0 Å². The molecule has 0 aromatic heterocycles. The van der Waals surface area contributed by atoms with Crippen LogP contribution in [-0.4, -0.2) is 26.9 Å². The van der Waals surface area contributed by atoms with Crippen molar-refractivity contribution < 1.29 is 0 Å². The molecule has 2 heteroatoms. The van der Waals surface area contributed by atoms with Gasteiger partial charge in [-0.1, -0.05) is 64.7 Å². The van der Waals surface area contributed by atoms with Crippen LogP contribution in [0.25, 0.3) is 0 Å². The number of rotatable bonds is 10. The van der Waals surface area contributed by atoms with Gasteiger partial charge < -0.3 is 0 Å². The number of hydrogen-bond donors (Lipinski definition) is 1. The van der Waals surface area contributed by atoms with E-state index in [4.69, 9.17) is 0 Å². The number of unbranched alkanes of at least 4 members (excludes halogenated alkanes) is 9. The predicted molar refractivity (Wildman–Crippen MR) is 83.2 cm³/mol. The Morgan fingerprint density at radius 3 is 1.31 bits per heavy atom. The molecule has 2 radical (unpaired) electrons. The molecule has 98 valence electrons. The van der Waals surface area contributed by atoms with E-state index < -0.39 is 0 Å². The van der Waals surface area contributed by atoms with Crippen molar-refractivity contribution in [1.82, 2.24) is 0 Å². The Balaban J connectivity index is 0. The molecule has 0 amide bonds. The minimum absolute atomic E-state index is 0.230. The molecule has 0 rings (SSSR count). The van der Waals surface area contributed by atoms with Crippen LogP contribution in [0.1, 0.15) is 71.1 Å². The summed E-state index contributed by atoms with van der Waals surface area (Å²) >= 11 is 4.43. The van der Waals surface area contributed by atoms with Crippen LogP contribution in [0.3, 0.4) is 0 Å². The van der Waals surface area contributed by atoms with E-state index >= 15 is 0 Å². The molecular formula is C14H32SSn. The standard InChI is InChI=1S/C12H26S.2CH3.Sn/c1-2-3-4-5-6-7-8-9-10-11-12-13;;;/h13H,2-12H2,1H3;2*1H3;. The van der Waals surface area contributed by atoms with Gasteiger partial charge in [0.2, 0.25) is 0 Å². The molecule has 16 heavy (non-hydrogen) atoms. The third-order valence-electron chi connectivity index (χ3n) is 2.51. The van der Waals surface area contributed by atoms with Crippen molar-refractivity contribution in [3.8, 4) is 0 Å². The Labute approximate surface area is 120 Å². The normalized spacial score (nSPS) is 9.75. The van der Waals surface area contributed by atoms with Crippen LogP contribution in [0, 0.1) is 0 Å². The predicted octanol–water partition coefficient (Wildman–Crippen LogP) is 5.62. The van der Waals surface area contributed by atoms with Crippen LogP contribution in [0.4, 0.5) is 0 Å². The molecule has 0 aromatic rings. The zero-order valence-electron chi connectivity index (χ0n) is 11.7. The summed E-state index contributed by atoms with van der Waals surface area (Å²) in [6, 6.07) is 0. The molecule has 0 atom stereocenters. The average molecular weight is 351 g/mol. The van der Waals surface area contributed by atoms with Gasteiger partial charge >= 0.3 is 31.0 Å². The molecule has 0 aliphatic heterocycles. The van der Waals surface area contributed by atoms with Gasteiger partial charge in [-0.05, 0) is 12.2 Å². The fourth-order valence-electron chi connectivity index (χ4n) is 1.60. The fraction of sp³-hybridized carbons (Fsp3) is 1.00. The first kappa shape index (κ1) is 19.5. The van der Waals surface area contributed by atoms with Gasteiger partial charge in [0.1, 0.15) is 0 Å².